The Kier molecular flexibility index (Phi) is 5.55. The zero-order chi connectivity index (χ0) is 19.3. The average molecular weight is 377 g/mol. The summed E-state index contributed by atoms with van der Waals surface area (Å²) in [5.74, 6) is 0.846. The fourth-order valence-corrected chi connectivity index (χ4v) is 3.83. The van der Waals surface area contributed by atoms with Crippen LogP contribution in [0.4, 0.5) is 0 Å². The van der Waals surface area contributed by atoms with Crippen molar-refractivity contribution in [2.45, 2.75) is 52.1 Å². The SMILES string of the molecule is Cc1cnn(CCCNC(=O)c2nc(-c3ccccc3)n3c2CCCCC3)c1. The van der Waals surface area contributed by atoms with Gasteiger partial charge < -0.3 is 9.88 Å². The quantitative estimate of drug-likeness (QED) is 0.668. The molecule has 0 atom stereocenters. The van der Waals surface area contributed by atoms with Crippen molar-refractivity contribution in [3.63, 3.8) is 0 Å². The molecule has 146 valence electrons. The minimum atomic E-state index is -0.0653. The van der Waals surface area contributed by atoms with Gasteiger partial charge in [0.25, 0.3) is 5.91 Å². The van der Waals surface area contributed by atoms with E-state index in [0.717, 1.165) is 61.4 Å². The van der Waals surface area contributed by atoms with Gasteiger partial charge in [0.2, 0.25) is 0 Å². The molecule has 2 aromatic heterocycles. The van der Waals surface area contributed by atoms with Crippen molar-refractivity contribution in [1.82, 2.24) is 24.6 Å². The number of fused-ring (bicyclic) bond motifs is 1. The van der Waals surface area contributed by atoms with Crippen molar-refractivity contribution in [3.05, 3.63) is 59.7 Å². The maximum absolute atomic E-state index is 12.9. The number of carbonyl (C=O) groups excluding carboxylic acids is 1. The van der Waals surface area contributed by atoms with Gasteiger partial charge >= 0.3 is 0 Å². The number of nitrogens with one attached hydrogen (secondary N) is 1. The van der Waals surface area contributed by atoms with Crippen molar-refractivity contribution in [2.24, 2.45) is 0 Å². The average Bonchev–Trinajstić information content (AvgIpc) is 3.21. The lowest BCUT2D eigenvalue weighted by Gasteiger charge is -2.09. The van der Waals surface area contributed by atoms with E-state index in [0.29, 0.717) is 12.2 Å². The molecule has 0 radical (unpaired) electrons. The molecule has 0 aliphatic carbocycles. The fraction of sp³-hybridized carbons (Fsp3) is 0.409. The Morgan fingerprint density at radius 3 is 2.82 bits per heavy atom. The van der Waals surface area contributed by atoms with Gasteiger partial charge in [-0.25, -0.2) is 4.98 Å². The third-order valence-electron chi connectivity index (χ3n) is 5.23. The van der Waals surface area contributed by atoms with Gasteiger partial charge in [-0.05, 0) is 38.2 Å². The molecule has 1 aromatic carbocycles. The predicted octanol–water partition coefficient (Wildman–Crippen LogP) is 3.60. The van der Waals surface area contributed by atoms with Gasteiger partial charge in [0, 0.05) is 31.4 Å². The van der Waals surface area contributed by atoms with Crippen LogP contribution in [0.3, 0.4) is 0 Å². The molecule has 6 heteroatoms. The van der Waals surface area contributed by atoms with Gasteiger partial charge in [-0.2, -0.15) is 5.10 Å². The summed E-state index contributed by atoms with van der Waals surface area (Å²) in [6.45, 7) is 4.37. The Morgan fingerprint density at radius 1 is 1.18 bits per heavy atom. The lowest BCUT2D eigenvalue weighted by Crippen LogP contribution is -2.26. The number of hydrogen-bond donors (Lipinski definition) is 1. The molecule has 1 amide bonds. The monoisotopic (exact) mass is 377 g/mol. The second kappa shape index (κ2) is 8.42. The minimum absolute atomic E-state index is 0.0653. The Labute approximate surface area is 165 Å². The second-order valence-corrected chi connectivity index (χ2v) is 7.45. The lowest BCUT2D eigenvalue weighted by atomic mass is 10.1. The highest BCUT2D eigenvalue weighted by atomic mass is 16.1. The molecule has 1 N–H and O–H groups in total. The van der Waals surface area contributed by atoms with Crippen molar-refractivity contribution < 1.29 is 4.79 Å². The van der Waals surface area contributed by atoms with E-state index in [1.165, 1.54) is 6.42 Å². The predicted molar refractivity (Wildman–Crippen MR) is 109 cm³/mol. The third kappa shape index (κ3) is 4.01. The van der Waals surface area contributed by atoms with E-state index in [2.05, 4.69) is 27.1 Å². The lowest BCUT2D eigenvalue weighted by molar-refractivity contribution is 0.0947. The Hall–Kier alpha value is -2.89. The first-order chi connectivity index (χ1) is 13.7. The van der Waals surface area contributed by atoms with E-state index >= 15 is 0 Å². The van der Waals surface area contributed by atoms with Crippen LogP contribution in [-0.2, 0) is 19.5 Å². The van der Waals surface area contributed by atoms with Crippen molar-refractivity contribution in [1.29, 1.82) is 0 Å². The summed E-state index contributed by atoms with van der Waals surface area (Å²) < 4.78 is 4.17. The molecule has 0 unspecified atom stereocenters. The molecular formula is C22H27N5O. The summed E-state index contributed by atoms with van der Waals surface area (Å²) in [5.41, 5.74) is 3.89. The maximum Gasteiger partial charge on any atom is 0.271 e. The Morgan fingerprint density at radius 2 is 2.04 bits per heavy atom. The van der Waals surface area contributed by atoms with Crippen LogP contribution in [0.15, 0.2) is 42.7 Å². The molecule has 0 saturated heterocycles. The topological polar surface area (TPSA) is 64.7 Å². The summed E-state index contributed by atoms with van der Waals surface area (Å²) in [4.78, 5) is 17.7. The number of rotatable bonds is 6. The number of nitrogens with zero attached hydrogens (tertiary/aromatic N) is 4. The highest BCUT2D eigenvalue weighted by Gasteiger charge is 2.23. The largest absolute Gasteiger partial charge is 0.351 e. The van der Waals surface area contributed by atoms with Crippen LogP contribution in [0.1, 0.15) is 47.4 Å². The third-order valence-corrected chi connectivity index (χ3v) is 5.23. The van der Waals surface area contributed by atoms with Gasteiger partial charge in [0.1, 0.15) is 11.5 Å². The highest BCUT2D eigenvalue weighted by Crippen LogP contribution is 2.27. The van der Waals surface area contributed by atoms with Crippen LogP contribution in [0, 0.1) is 6.92 Å². The van der Waals surface area contributed by atoms with Crippen LogP contribution in [0.2, 0.25) is 0 Å². The van der Waals surface area contributed by atoms with E-state index in [1.807, 2.05) is 42.2 Å². The normalized spacial score (nSPS) is 13.8. The van der Waals surface area contributed by atoms with Crippen LogP contribution < -0.4 is 5.32 Å². The molecule has 6 nitrogen and oxygen atoms in total. The fourth-order valence-electron chi connectivity index (χ4n) is 3.83. The summed E-state index contributed by atoms with van der Waals surface area (Å²) >= 11 is 0. The molecule has 0 bridgehead atoms. The molecule has 3 heterocycles. The van der Waals surface area contributed by atoms with Gasteiger partial charge in [-0.1, -0.05) is 36.8 Å². The van der Waals surface area contributed by atoms with E-state index < -0.39 is 0 Å². The van der Waals surface area contributed by atoms with E-state index in [1.54, 1.807) is 0 Å². The highest BCUT2D eigenvalue weighted by molar-refractivity contribution is 5.94. The van der Waals surface area contributed by atoms with Crippen LogP contribution in [-0.4, -0.2) is 31.8 Å². The number of benzene rings is 1. The zero-order valence-electron chi connectivity index (χ0n) is 16.4. The van der Waals surface area contributed by atoms with Gasteiger partial charge in [0.05, 0.1) is 11.9 Å². The molecule has 0 saturated carbocycles. The summed E-state index contributed by atoms with van der Waals surface area (Å²) in [6.07, 6.45) is 9.06. The van der Waals surface area contributed by atoms with Gasteiger partial charge in [0.15, 0.2) is 0 Å². The molecule has 28 heavy (non-hydrogen) atoms. The summed E-state index contributed by atoms with van der Waals surface area (Å²) in [6, 6.07) is 10.2. The molecule has 1 aliphatic rings. The second-order valence-electron chi connectivity index (χ2n) is 7.45. The molecular weight excluding hydrogens is 350 g/mol. The summed E-state index contributed by atoms with van der Waals surface area (Å²) in [7, 11) is 0. The summed E-state index contributed by atoms with van der Waals surface area (Å²) in [5, 5.41) is 7.34. The number of hydrogen-bond acceptors (Lipinski definition) is 3. The number of aromatic nitrogens is 4. The molecule has 1 aliphatic heterocycles. The van der Waals surface area contributed by atoms with Crippen LogP contribution >= 0.6 is 0 Å². The van der Waals surface area contributed by atoms with E-state index in [4.69, 9.17) is 4.98 Å². The Bertz CT molecular complexity index is 941. The number of amides is 1. The maximum atomic E-state index is 12.9. The van der Waals surface area contributed by atoms with E-state index in [9.17, 15) is 4.79 Å². The number of carbonyl (C=O) groups is 1. The molecule has 3 aromatic rings. The van der Waals surface area contributed by atoms with Crippen molar-refractivity contribution in [3.8, 4) is 11.4 Å². The first-order valence-corrected chi connectivity index (χ1v) is 10.1. The van der Waals surface area contributed by atoms with Gasteiger partial charge in [-0.15, -0.1) is 0 Å². The Balaban J connectivity index is 1.48. The number of aryl methyl sites for hydroxylation is 2. The van der Waals surface area contributed by atoms with Gasteiger partial charge in [-0.3, -0.25) is 9.48 Å². The van der Waals surface area contributed by atoms with E-state index in [-0.39, 0.29) is 5.91 Å². The molecule has 4 rings (SSSR count). The molecule has 0 fully saturated rings. The standard InChI is InChI=1S/C22H27N5O/c1-17-15-24-26(16-17)13-8-12-23-22(28)20-19-11-6-3-7-14-27(19)21(25-20)18-9-4-2-5-10-18/h2,4-5,9-10,15-16H,3,6-8,11-14H2,1H3,(H,23,28). The smallest absolute Gasteiger partial charge is 0.271 e. The molecule has 0 spiro atoms. The van der Waals surface area contributed by atoms with Crippen molar-refractivity contribution >= 4 is 5.91 Å². The zero-order valence-corrected chi connectivity index (χ0v) is 16.4. The van der Waals surface area contributed by atoms with Crippen molar-refractivity contribution in [2.75, 3.05) is 6.54 Å². The first kappa shape index (κ1) is 18.5. The first-order valence-electron chi connectivity index (χ1n) is 10.1. The minimum Gasteiger partial charge on any atom is -0.351 e. The van der Waals surface area contributed by atoms with Crippen LogP contribution in [0.5, 0.6) is 0 Å². The number of imidazole rings is 1. The van der Waals surface area contributed by atoms with Crippen LogP contribution in [0.25, 0.3) is 11.4 Å².